The normalized spacial score (nSPS) is 11.9. The number of ether oxygens (including phenoxy) is 1. The number of aliphatic hydroxyl groups is 1. The number of nitro groups is 1. The van der Waals surface area contributed by atoms with E-state index in [2.05, 4.69) is 15.3 Å². The molecule has 2 aromatic heterocycles. The highest BCUT2D eigenvalue weighted by atomic mass is 32.2. The van der Waals surface area contributed by atoms with Gasteiger partial charge in [-0.1, -0.05) is 19.9 Å². The van der Waals surface area contributed by atoms with Crippen LogP contribution >= 0.6 is 0 Å². The van der Waals surface area contributed by atoms with Crippen LogP contribution in [0, 0.1) is 15.5 Å². The lowest BCUT2D eigenvalue weighted by Crippen LogP contribution is -2.27. The minimum absolute atomic E-state index is 0.0868. The molecule has 12 nitrogen and oxygen atoms in total. The van der Waals surface area contributed by atoms with Gasteiger partial charge in [0.15, 0.2) is 5.75 Å². The Kier molecular flexibility index (Phi) is 7.07. The smallest absolute Gasteiger partial charge is 0.293 e. The summed E-state index contributed by atoms with van der Waals surface area (Å²) in [5.41, 5.74) is 4.93. The van der Waals surface area contributed by atoms with Crippen LogP contribution in [0.15, 0.2) is 70.7 Å². The van der Waals surface area contributed by atoms with Gasteiger partial charge >= 0.3 is 0 Å². The number of nitrogens with zero attached hydrogens (tertiary/aromatic N) is 2. The van der Waals surface area contributed by atoms with Gasteiger partial charge in [-0.05, 0) is 36.4 Å². The van der Waals surface area contributed by atoms with Gasteiger partial charge < -0.3 is 25.9 Å². The van der Waals surface area contributed by atoms with Crippen LogP contribution in [0.1, 0.15) is 24.2 Å². The Balaban J connectivity index is 1.79. The number of para-hydroxylation sites is 1. The number of nitrogens with one attached hydrogen (secondary N) is 2. The summed E-state index contributed by atoms with van der Waals surface area (Å²) in [4.78, 5) is 29.6. The molecule has 5 N–H and O–H groups in total. The molecule has 0 saturated heterocycles. The van der Waals surface area contributed by atoms with E-state index in [1.807, 2.05) is 0 Å². The molecule has 2 aromatic carbocycles. The number of sulfone groups is 1. The Bertz CT molecular complexity index is 1650. The van der Waals surface area contributed by atoms with Crippen molar-refractivity contribution in [1.82, 2.24) is 9.97 Å². The first kappa shape index (κ1) is 26.6. The molecule has 4 rings (SSSR count). The molecule has 198 valence electrons. The first-order valence-corrected chi connectivity index (χ1v) is 12.8. The van der Waals surface area contributed by atoms with Gasteiger partial charge in [0.25, 0.3) is 11.6 Å². The van der Waals surface area contributed by atoms with Crippen molar-refractivity contribution < 1.29 is 28.0 Å². The number of aromatic nitrogens is 2. The largest absolute Gasteiger partial charge is 0.453 e. The van der Waals surface area contributed by atoms with E-state index in [4.69, 9.17) is 10.5 Å². The number of carbonyl (C=O) groups is 1. The fraction of sp³-hybridized carbons (Fsp3) is 0.200. The maximum atomic E-state index is 13.7. The summed E-state index contributed by atoms with van der Waals surface area (Å²) in [6.07, 6.45) is 3.02. The van der Waals surface area contributed by atoms with Gasteiger partial charge in [0.1, 0.15) is 22.0 Å². The highest BCUT2D eigenvalue weighted by molar-refractivity contribution is 7.91. The Labute approximate surface area is 217 Å². The average molecular weight is 540 g/mol. The molecule has 2 heterocycles. The fourth-order valence-corrected chi connectivity index (χ4v) is 5.04. The number of primary amides is 1. The van der Waals surface area contributed by atoms with Crippen LogP contribution in [0.4, 0.5) is 11.4 Å². The molecule has 0 saturated carbocycles. The number of anilines is 1. The predicted octanol–water partition coefficient (Wildman–Crippen LogP) is 3.63. The number of benzene rings is 2. The van der Waals surface area contributed by atoms with Crippen LogP contribution in [-0.2, 0) is 9.84 Å². The van der Waals surface area contributed by atoms with Crippen molar-refractivity contribution in [3.05, 3.63) is 76.6 Å². The molecule has 13 heteroatoms. The minimum Gasteiger partial charge on any atom is -0.453 e. The van der Waals surface area contributed by atoms with Crippen LogP contribution in [0.3, 0.4) is 0 Å². The molecule has 4 aromatic rings. The van der Waals surface area contributed by atoms with E-state index in [-0.39, 0.29) is 40.8 Å². The van der Waals surface area contributed by atoms with Crippen molar-refractivity contribution in [1.29, 1.82) is 0 Å². The zero-order valence-corrected chi connectivity index (χ0v) is 21.3. The summed E-state index contributed by atoms with van der Waals surface area (Å²) < 4.78 is 33.3. The summed E-state index contributed by atoms with van der Waals surface area (Å²) in [5, 5.41) is 24.8. The Morgan fingerprint density at radius 1 is 1.24 bits per heavy atom. The average Bonchev–Trinajstić information content (AvgIpc) is 3.35. The molecule has 0 atom stereocenters. The number of hydrogen-bond donors (Lipinski definition) is 4. The second kappa shape index (κ2) is 10.1. The molecule has 0 bridgehead atoms. The van der Waals surface area contributed by atoms with E-state index in [0.29, 0.717) is 11.0 Å². The summed E-state index contributed by atoms with van der Waals surface area (Å²) in [5.74, 6) is -1.10. The van der Waals surface area contributed by atoms with Crippen molar-refractivity contribution in [3.63, 3.8) is 0 Å². The Morgan fingerprint density at radius 2 is 2.00 bits per heavy atom. The van der Waals surface area contributed by atoms with E-state index in [1.54, 1.807) is 32.2 Å². The molecule has 1 amide bonds. The molecule has 0 spiro atoms. The van der Waals surface area contributed by atoms with Gasteiger partial charge in [-0.15, -0.1) is 0 Å². The number of aliphatic hydroxyl groups excluding tert-OH is 1. The van der Waals surface area contributed by atoms with Gasteiger partial charge in [0.2, 0.25) is 9.84 Å². The summed E-state index contributed by atoms with van der Waals surface area (Å²) >= 11 is 0. The number of H-pyrrole nitrogens is 1. The SMILES string of the molecule is CC(C)(CO)CNc1ccc(S(=O)(=O)c2cccc(C(N)=O)c2Oc2cnc3[nH]ccc3c2)cc1[N+](=O)[O-]. The maximum absolute atomic E-state index is 13.7. The van der Waals surface area contributed by atoms with E-state index in [1.165, 1.54) is 36.5 Å². The summed E-state index contributed by atoms with van der Waals surface area (Å²) in [6, 6.07) is 10.6. The number of carbonyl (C=O) groups excluding carboxylic acids is 1. The number of pyridine rings is 1. The van der Waals surface area contributed by atoms with Crippen molar-refractivity contribution in [2.45, 2.75) is 23.6 Å². The Morgan fingerprint density at radius 3 is 2.68 bits per heavy atom. The molecule has 0 aliphatic heterocycles. The van der Waals surface area contributed by atoms with Crippen LogP contribution in [0.2, 0.25) is 0 Å². The second-order valence-corrected chi connectivity index (χ2v) is 11.2. The second-order valence-electron chi connectivity index (χ2n) is 9.30. The quantitative estimate of drug-likeness (QED) is 0.172. The summed E-state index contributed by atoms with van der Waals surface area (Å²) in [7, 11) is -4.43. The predicted molar refractivity (Wildman–Crippen MR) is 139 cm³/mol. The minimum atomic E-state index is -4.43. The standard InChI is InChI=1S/C25H25N5O7S/c1-25(2,14-31)13-29-19-7-6-17(11-20(19)30(33)34)38(35,36)21-5-3-4-18(23(26)32)22(21)37-16-10-15-8-9-27-24(15)28-12-16/h3-12,29,31H,13-14H2,1-2H3,(H2,26,32)(H,27,28). The summed E-state index contributed by atoms with van der Waals surface area (Å²) in [6.45, 7) is 3.57. The highest BCUT2D eigenvalue weighted by Crippen LogP contribution is 2.38. The maximum Gasteiger partial charge on any atom is 0.293 e. The van der Waals surface area contributed by atoms with Crippen molar-refractivity contribution in [2.24, 2.45) is 11.1 Å². The van der Waals surface area contributed by atoms with Crippen molar-refractivity contribution >= 4 is 38.2 Å². The Hall–Kier alpha value is -4.49. The molecule has 0 fully saturated rings. The number of amides is 1. The van der Waals surface area contributed by atoms with Crippen LogP contribution in [0.5, 0.6) is 11.5 Å². The number of rotatable bonds is 10. The first-order valence-electron chi connectivity index (χ1n) is 11.3. The first-order chi connectivity index (χ1) is 17.9. The lowest BCUT2D eigenvalue weighted by atomic mass is 9.95. The lowest BCUT2D eigenvalue weighted by Gasteiger charge is -2.22. The van der Waals surface area contributed by atoms with Gasteiger partial charge in [-0.2, -0.15) is 0 Å². The van der Waals surface area contributed by atoms with E-state index >= 15 is 0 Å². The number of nitrogens with two attached hydrogens (primary N) is 1. The number of fused-ring (bicyclic) bond motifs is 1. The molecule has 0 unspecified atom stereocenters. The molecule has 0 radical (unpaired) electrons. The molecular weight excluding hydrogens is 514 g/mol. The molecule has 0 aliphatic carbocycles. The van der Waals surface area contributed by atoms with E-state index < -0.39 is 36.7 Å². The number of hydrogen-bond acceptors (Lipinski definition) is 9. The topological polar surface area (TPSA) is 191 Å². The zero-order chi connectivity index (χ0) is 27.7. The lowest BCUT2D eigenvalue weighted by molar-refractivity contribution is -0.384. The van der Waals surface area contributed by atoms with Gasteiger partial charge in [-0.25, -0.2) is 13.4 Å². The molecular formula is C25H25N5O7S. The zero-order valence-electron chi connectivity index (χ0n) is 20.5. The van der Waals surface area contributed by atoms with Gasteiger partial charge in [0, 0.05) is 36.2 Å². The van der Waals surface area contributed by atoms with Crippen LogP contribution < -0.4 is 15.8 Å². The molecule has 38 heavy (non-hydrogen) atoms. The third-order valence-electron chi connectivity index (χ3n) is 5.79. The van der Waals surface area contributed by atoms with Gasteiger partial charge in [-0.3, -0.25) is 14.9 Å². The third-order valence-corrected chi connectivity index (χ3v) is 7.57. The van der Waals surface area contributed by atoms with E-state index in [0.717, 1.165) is 6.07 Å². The fourth-order valence-electron chi connectivity index (χ4n) is 3.62. The van der Waals surface area contributed by atoms with E-state index in [9.17, 15) is 28.4 Å². The number of nitro benzene ring substituents is 1. The number of aromatic amines is 1. The highest BCUT2D eigenvalue weighted by Gasteiger charge is 2.29. The third kappa shape index (κ3) is 5.28. The van der Waals surface area contributed by atoms with Crippen LogP contribution in [-0.4, -0.2) is 47.5 Å². The van der Waals surface area contributed by atoms with Crippen LogP contribution in [0.25, 0.3) is 11.0 Å². The van der Waals surface area contributed by atoms with Gasteiger partial charge in [0.05, 0.1) is 21.6 Å². The molecule has 0 aliphatic rings. The van der Waals surface area contributed by atoms with Crippen molar-refractivity contribution in [2.75, 3.05) is 18.5 Å². The van der Waals surface area contributed by atoms with Crippen molar-refractivity contribution in [3.8, 4) is 11.5 Å². The monoisotopic (exact) mass is 539 g/mol.